The first kappa shape index (κ1) is 39.0. The molecule has 49 heavy (non-hydrogen) atoms. The smallest absolute Gasteiger partial charge is 0.408 e. The fourth-order valence-electron chi connectivity index (χ4n) is 5.74. The van der Waals surface area contributed by atoms with Crippen molar-refractivity contribution in [3.8, 4) is 17.0 Å². The van der Waals surface area contributed by atoms with Gasteiger partial charge in [0.05, 0.1) is 33.7 Å². The van der Waals surface area contributed by atoms with Crippen molar-refractivity contribution in [3.63, 3.8) is 0 Å². The third kappa shape index (κ3) is 10.9. The summed E-state index contributed by atoms with van der Waals surface area (Å²) < 4.78 is 26.1. The van der Waals surface area contributed by atoms with E-state index in [9.17, 15) is 9.59 Å². The molecule has 2 amide bonds. The molecule has 0 aromatic carbocycles. The number of carbonyl (C=O) groups is 2. The minimum atomic E-state index is -1.56. The van der Waals surface area contributed by atoms with Crippen LogP contribution in [0.4, 0.5) is 10.5 Å². The predicted molar refractivity (Wildman–Crippen MR) is 199 cm³/mol. The Kier molecular flexibility index (Phi) is 12.1. The van der Waals surface area contributed by atoms with E-state index in [-0.39, 0.29) is 30.1 Å². The minimum Gasteiger partial charge on any atom is -0.465 e. The molecule has 0 aliphatic heterocycles. The number of hydrogen-bond donors (Lipinski definition) is 2. The monoisotopic (exact) mass is 715 g/mol. The highest BCUT2D eigenvalue weighted by Crippen LogP contribution is 2.51. The van der Waals surface area contributed by atoms with Crippen LogP contribution < -0.4 is 15.4 Å². The maximum Gasteiger partial charge on any atom is 0.408 e. The first-order chi connectivity index (χ1) is 22.7. The molecule has 4 rings (SSSR count). The quantitative estimate of drug-likeness (QED) is 0.134. The zero-order valence-electron chi connectivity index (χ0n) is 32.2. The number of rotatable bonds is 16. The minimum absolute atomic E-state index is 0.0366. The van der Waals surface area contributed by atoms with Crippen molar-refractivity contribution in [3.05, 3.63) is 23.7 Å². The molecule has 2 heterocycles. The number of hydrogen-bond acceptors (Lipinski definition) is 8. The van der Waals surface area contributed by atoms with Crippen molar-refractivity contribution in [1.82, 2.24) is 20.1 Å². The van der Waals surface area contributed by atoms with Crippen LogP contribution in [-0.2, 0) is 25.7 Å². The second-order valence-electron chi connectivity index (χ2n) is 17.2. The molecule has 0 spiro atoms. The molecule has 2 aliphatic carbocycles. The molecule has 2 saturated carbocycles. The van der Waals surface area contributed by atoms with E-state index in [1.165, 1.54) is 0 Å². The number of alkyl carbamates (subject to hydrolysis) is 1. The summed E-state index contributed by atoms with van der Waals surface area (Å²) in [4.78, 5) is 31.8. The number of anilines is 1. The van der Waals surface area contributed by atoms with Crippen LogP contribution in [0.25, 0.3) is 11.3 Å². The maximum absolute atomic E-state index is 14.0. The Morgan fingerprint density at radius 2 is 1.53 bits per heavy atom. The van der Waals surface area contributed by atoms with E-state index in [1.54, 1.807) is 12.3 Å². The fourth-order valence-corrected chi connectivity index (χ4v) is 6.88. The number of nitrogens with zero attached hydrogens (tertiary/aromatic N) is 3. The van der Waals surface area contributed by atoms with Crippen LogP contribution >= 0.6 is 0 Å². The SMILES string of the molecule is Cc1nn(CO[C@H](C)[Si](C)(C)C)c(C)c1-c1ncc(NC(=O)[C@@H](NC(=O)OC(C)(C)C)C(C2CC2)C2CC2)cc1OCO[C@H](C)[Si](C)(C)C. The van der Waals surface area contributed by atoms with Crippen molar-refractivity contribution in [2.24, 2.45) is 17.8 Å². The van der Waals surface area contributed by atoms with E-state index in [0.29, 0.717) is 35.7 Å². The highest BCUT2D eigenvalue weighted by atomic mass is 28.3. The lowest BCUT2D eigenvalue weighted by Gasteiger charge is -2.29. The Bertz CT molecular complexity index is 1460. The number of amides is 2. The number of aryl methyl sites for hydroxylation is 1. The van der Waals surface area contributed by atoms with Crippen molar-refractivity contribution >= 4 is 33.8 Å². The molecule has 2 aliphatic rings. The van der Waals surface area contributed by atoms with Gasteiger partial charge in [-0.05, 0) is 91.9 Å². The van der Waals surface area contributed by atoms with E-state index in [4.69, 9.17) is 29.0 Å². The molecule has 0 radical (unpaired) electrons. The first-order valence-electron chi connectivity index (χ1n) is 17.9. The number of nitrogens with one attached hydrogen (secondary N) is 2. The van der Waals surface area contributed by atoms with Gasteiger partial charge in [-0.1, -0.05) is 39.3 Å². The lowest BCUT2D eigenvalue weighted by atomic mass is 9.88. The summed E-state index contributed by atoms with van der Waals surface area (Å²) in [6, 6.07) is 1.07. The van der Waals surface area contributed by atoms with Crippen LogP contribution in [0.1, 0.15) is 71.7 Å². The third-order valence-electron chi connectivity index (χ3n) is 9.83. The largest absolute Gasteiger partial charge is 0.465 e. The Balaban J connectivity index is 1.63. The molecular weight excluding hydrogens is 655 g/mol. The zero-order chi connectivity index (χ0) is 36.5. The number of carbonyl (C=O) groups excluding carboxylic acids is 2. The van der Waals surface area contributed by atoms with Crippen molar-refractivity contribution in [2.45, 2.75) is 143 Å². The van der Waals surface area contributed by atoms with Crippen LogP contribution in [0.3, 0.4) is 0 Å². The number of pyridine rings is 1. The topological polar surface area (TPSA) is 126 Å². The Labute approximate surface area is 295 Å². The fraction of sp³-hybridized carbons (Fsp3) is 0.722. The van der Waals surface area contributed by atoms with Gasteiger partial charge in [0.15, 0.2) is 12.5 Å². The summed E-state index contributed by atoms with van der Waals surface area (Å²) in [5.41, 5.74) is 3.20. The number of ether oxygens (including phenoxy) is 4. The highest BCUT2D eigenvalue weighted by molar-refractivity contribution is 6.77. The van der Waals surface area contributed by atoms with E-state index in [0.717, 1.165) is 42.6 Å². The van der Waals surface area contributed by atoms with Crippen LogP contribution in [0.2, 0.25) is 39.3 Å². The summed E-state index contributed by atoms with van der Waals surface area (Å²) in [6.45, 7) is 27.6. The summed E-state index contributed by atoms with van der Waals surface area (Å²) >= 11 is 0. The van der Waals surface area contributed by atoms with Gasteiger partial charge < -0.3 is 29.6 Å². The van der Waals surface area contributed by atoms with Gasteiger partial charge in [-0.25, -0.2) is 9.48 Å². The first-order valence-corrected chi connectivity index (χ1v) is 25.0. The number of aromatic nitrogens is 3. The van der Waals surface area contributed by atoms with Gasteiger partial charge in [0.25, 0.3) is 0 Å². The highest BCUT2D eigenvalue weighted by Gasteiger charge is 2.48. The molecular formula is C36H61N5O6Si2. The molecule has 2 aromatic heterocycles. The molecule has 11 nitrogen and oxygen atoms in total. The van der Waals surface area contributed by atoms with E-state index in [1.807, 2.05) is 39.3 Å². The molecule has 2 fully saturated rings. The second kappa shape index (κ2) is 15.2. The van der Waals surface area contributed by atoms with Crippen molar-refractivity contribution in [1.29, 1.82) is 0 Å². The van der Waals surface area contributed by atoms with Gasteiger partial charge in [0.1, 0.15) is 24.1 Å². The molecule has 13 heteroatoms. The molecule has 0 bridgehead atoms. The molecule has 3 atom stereocenters. The molecule has 2 N–H and O–H groups in total. The Hall–Kier alpha value is -2.75. The Morgan fingerprint density at radius 1 is 0.959 bits per heavy atom. The molecule has 274 valence electrons. The van der Waals surface area contributed by atoms with E-state index >= 15 is 0 Å². The van der Waals surface area contributed by atoms with E-state index < -0.39 is 33.9 Å². The zero-order valence-corrected chi connectivity index (χ0v) is 34.2. The van der Waals surface area contributed by atoms with Crippen LogP contribution in [-0.4, -0.2) is 72.8 Å². The van der Waals surface area contributed by atoms with Gasteiger partial charge in [-0.2, -0.15) is 5.10 Å². The van der Waals surface area contributed by atoms with Crippen LogP contribution in [0, 0.1) is 31.6 Å². The molecule has 0 unspecified atom stereocenters. The average molecular weight is 716 g/mol. The lowest BCUT2D eigenvalue weighted by molar-refractivity contribution is -0.120. The van der Waals surface area contributed by atoms with Crippen LogP contribution in [0.15, 0.2) is 12.3 Å². The third-order valence-corrected chi connectivity index (χ3v) is 15.0. The maximum atomic E-state index is 14.0. The van der Waals surface area contributed by atoms with Gasteiger partial charge in [-0.3, -0.25) is 9.78 Å². The van der Waals surface area contributed by atoms with Gasteiger partial charge in [0, 0.05) is 28.8 Å². The van der Waals surface area contributed by atoms with Crippen LogP contribution in [0.5, 0.6) is 5.75 Å². The average Bonchev–Trinajstić information content (AvgIpc) is 3.90. The van der Waals surface area contributed by atoms with Crippen molar-refractivity contribution < 1.29 is 28.5 Å². The summed E-state index contributed by atoms with van der Waals surface area (Å²) in [7, 11) is -3.04. The molecule has 2 aromatic rings. The Morgan fingerprint density at radius 3 is 2.06 bits per heavy atom. The predicted octanol–water partition coefficient (Wildman–Crippen LogP) is 7.69. The summed E-state index contributed by atoms with van der Waals surface area (Å²) in [6.07, 6.45) is 5.33. The van der Waals surface area contributed by atoms with Gasteiger partial charge in [0.2, 0.25) is 5.91 Å². The summed E-state index contributed by atoms with van der Waals surface area (Å²) in [5.74, 6) is 1.09. The summed E-state index contributed by atoms with van der Waals surface area (Å²) in [5, 5.41) is 10.8. The normalized spacial score (nSPS) is 17.4. The van der Waals surface area contributed by atoms with E-state index in [2.05, 4.69) is 63.8 Å². The van der Waals surface area contributed by atoms with Gasteiger partial charge in [-0.15, -0.1) is 0 Å². The van der Waals surface area contributed by atoms with Gasteiger partial charge >= 0.3 is 6.09 Å². The molecule has 0 saturated heterocycles. The van der Waals surface area contributed by atoms with Crippen molar-refractivity contribution in [2.75, 3.05) is 12.1 Å². The second-order valence-corrected chi connectivity index (χ2v) is 28.3. The lowest BCUT2D eigenvalue weighted by Crippen LogP contribution is -2.51. The standard InChI is InChI=1S/C36H61N5O6Si2/c1-22-30(23(2)41(40-22)20-44-24(3)48(8,9)10)32-29(46-21-45-25(4)49(11,12)13)18-28(19-37-32)38-34(42)33(39-35(43)47-36(5,6)7)31(26-14-15-26)27-16-17-27/h18-19,24-27,31,33H,14-17,20-21H2,1-13H3,(H,38,42)(H,39,43)/t24-,25-,33-/m0/s1.